The molecule has 0 spiro atoms. The van der Waals surface area contributed by atoms with Gasteiger partial charge in [-0.1, -0.05) is 13.3 Å². The minimum atomic E-state index is -1.09. The number of piperidine rings is 1. The molecule has 2 atom stereocenters. The summed E-state index contributed by atoms with van der Waals surface area (Å²) in [6.45, 7) is 4.42. The van der Waals surface area contributed by atoms with Gasteiger partial charge in [-0.2, -0.15) is 0 Å². The van der Waals surface area contributed by atoms with Gasteiger partial charge in [-0.05, 0) is 12.8 Å². The van der Waals surface area contributed by atoms with Crippen molar-refractivity contribution in [3.63, 3.8) is 0 Å². The number of likely N-dealkylation sites (tertiary alicyclic amines) is 1. The third-order valence-electron chi connectivity index (χ3n) is 4.31. The Morgan fingerprint density at radius 2 is 1.95 bits per heavy atom. The topological polar surface area (TPSA) is 87.2 Å². The summed E-state index contributed by atoms with van der Waals surface area (Å²) in [6, 6.07) is 0. The van der Waals surface area contributed by atoms with Gasteiger partial charge >= 0.3 is 5.97 Å². The lowest BCUT2D eigenvalue weighted by Gasteiger charge is -2.44. The summed E-state index contributed by atoms with van der Waals surface area (Å²) in [5.74, 6) is -2.53. The zero-order valence-electron chi connectivity index (χ0n) is 13.0. The minimum absolute atomic E-state index is 0.0597. The lowest BCUT2D eigenvalue weighted by atomic mass is 9.91. The Bertz CT molecular complexity index is 434. The van der Waals surface area contributed by atoms with Gasteiger partial charge in [0.1, 0.15) is 12.1 Å². The van der Waals surface area contributed by atoms with Crippen molar-refractivity contribution in [3.8, 4) is 0 Å². The molecule has 0 aromatic rings. The van der Waals surface area contributed by atoms with E-state index in [1.165, 1.54) is 0 Å². The molecular formula is C15H24N2O5. The first kappa shape index (κ1) is 16.9. The summed E-state index contributed by atoms with van der Waals surface area (Å²) >= 11 is 0. The molecule has 1 amide bonds. The van der Waals surface area contributed by atoms with Gasteiger partial charge in [0, 0.05) is 26.1 Å². The number of Topliss-reactive ketones (excluding diaryl/α,β-unsaturated/α-hetero) is 1. The van der Waals surface area contributed by atoms with E-state index in [9.17, 15) is 19.5 Å². The van der Waals surface area contributed by atoms with Crippen LogP contribution in [0.2, 0.25) is 0 Å². The SMILES string of the molecule is CCCCC(=O)N1CCC(C(=O)O)C(=O)C1N1CCOCC1. The number of carbonyl (C=O) groups excluding carboxylic acids is 2. The Kier molecular flexibility index (Phi) is 5.90. The average molecular weight is 312 g/mol. The van der Waals surface area contributed by atoms with Crippen molar-refractivity contribution in [1.29, 1.82) is 0 Å². The number of hydrogen-bond donors (Lipinski definition) is 1. The highest BCUT2D eigenvalue weighted by molar-refractivity contribution is 6.03. The van der Waals surface area contributed by atoms with Gasteiger partial charge in [0.25, 0.3) is 0 Å². The summed E-state index contributed by atoms with van der Waals surface area (Å²) in [6.07, 6.45) is 1.55. The minimum Gasteiger partial charge on any atom is -0.481 e. The molecule has 2 rings (SSSR count). The molecular weight excluding hydrogens is 288 g/mol. The van der Waals surface area contributed by atoms with Crippen LogP contribution in [0.4, 0.5) is 0 Å². The van der Waals surface area contributed by atoms with Crippen LogP contribution < -0.4 is 0 Å². The number of nitrogens with zero attached hydrogens (tertiary/aromatic N) is 2. The van der Waals surface area contributed by atoms with E-state index in [0.717, 1.165) is 12.8 Å². The Balaban J connectivity index is 2.17. The molecule has 0 aliphatic carbocycles. The van der Waals surface area contributed by atoms with Gasteiger partial charge < -0.3 is 14.7 Å². The number of morpholine rings is 1. The van der Waals surface area contributed by atoms with E-state index in [1.54, 1.807) is 4.90 Å². The quantitative estimate of drug-likeness (QED) is 0.737. The van der Waals surface area contributed by atoms with E-state index in [0.29, 0.717) is 39.3 Å². The zero-order valence-corrected chi connectivity index (χ0v) is 13.0. The van der Waals surface area contributed by atoms with E-state index in [4.69, 9.17) is 4.74 Å². The first-order valence-electron chi connectivity index (χ1n) is 7.94. The van der Waals surface area contributed by atoms with Crippen molar-refractivity contribution in [2.45, 2.75) is 38.8 Å². The molecule has 2 saturated heterocycles. The van der Waals surface area contributed by atoms with E-state index in [1.807, 2.05) is 11.8 Å². The fourth-order valence-corrected chi connectivity index (χ4v) is 3.04. The standard InChI is InChI=1S/C15H24N2O5/c1-2-3-4-12(18)17-6-5-11(15(20)21)13(19)14(17)16-7-9-22-10-8-16/h11,14H,2-10H2,1H3,(H,20,21). The number of ketones is 1. The van der Waals surface area contributed by atoms with Crippen LogP contribution in [0.3, 0.4) is 0 Å². The highest BCUT2D eigenvalue weighted by Crippen LogP contribution is 2.24. The Morgan fingerprint density at radius 3 is 2.55 bits per heavy atom. The van der Waals surface area contributed by atoms with Gasteiger partial charge in [0.2, 0.25) is 5.91 Å². The van der Waals surface area contributed by atoms with Crippen molar-refractivity contribution >= 4 is 17.7 Å². The number of unbranched alkanes of at least 4 members (excludes halogenated alkanes) is 1. The Hall–Kier alpha value is -1.47. The number of amides is 1. The average Bonchev–Trinajstić information content (AvgIpc) is 2.52. The zero-order chi connectivity index (χ0) is 16.1. The van der Waals surface area contributed by atoms with E-state index >= 15 is 0 Å². The third-order valence-corrected chi connectivity index (χ3v) is 4.31. The molecule has 124 valence electrons. The third kappa shape index (κ3) is 3.64. The summed E-state index contributed by atoms with van der Waals surface area (Å²) in [7, 11) is 0. The van der Waals surface area contributed by atoms with Crippen molar-refractivity contribution < 1.29 is 24.2 Å². The number of rotatable bonds is 5. The number of carbonyl (C=O) groups is 3. The monoisotopic (exact) mass is 312 g/mol. The van der Waals surface area contributed by atoms with E-state index < -0.39 is 18.1 Å². The molecule has 0 radical (unpaired) electrons. The van der Waals surface area contributed by atoms with Crippen LogP contribution in [0, 0.1) is 5.92 Å². The van der Waals surface area contributed by atoms with Gasteiger partial charge in [-0.3, -0.25) is 19.3 Å². The molecule has 0 aromatic carbocycles. The number of carboxylic acid groups (broad SMARTS) is 1. The van der Waals surface area contributed by atoms with Crippen molar-refractivity contribution in [2.75, 3.05) is 32.8 Å². The largest absolute Gasteiger partial charge is 0.481 e. The number of hydrogen-bond acceptors (Lipinski definition) is 5. The van der Waals surface area contributed by atoms with Gasteiger partial charge in [-0.15, -0.1) is 0 Å². The smallest absolute Gasteiger partial charge is 0.314 e. The van der Waals surface area contributed by atoms with Crippen LogP contribution in [-0.2, 0) is 19.1 Å². The lowest BCUT2D eigenvalue weighted by molar-refractivity contribution is -0.163. The summed E-state index contributed by atoms with van der Waals surface area (Å²) < 4.78 is 5.29. The maximum Gasteiger partial charge on any atom is 0.314 e. The predicted molar refractivity (Wildman–Crippen MR) is 78.2 cm³/mol. The first-order chi connectivity index (χ1) is 10.6. The molecule has 0 saturated carbocycles. The van der Waals surface area contributed by atoms with E-state index in [2.05, 4.69) is 0 Å². The molecule has 1 N–H and O–H groups in total. The fourth-order valence-electron chi connectivity index (χ4n) is 3.04. The molecule has 0 bridgehead atoms. The second kappa shape index (κ2) is 7.69. The van der Waals surface area contributed by atoms with Crippen molar-refractivity contribution in [1.82, 2.24) is 9.80 Å². The van der Waals surface area contributed by atoms with Crippen molar-refractivity contribution in [2.24, 2.45) is 5.92 Å². The second-order valence-electron chi connectivity index (χ2n) is 5.79. The Morgan fingerprint density at radius 1 is 1.27 bits per heavy atom. The predicted octanol–water partition coefficient (Wildman–Crippen LogP) is 0.337. The maximum atomic E-state index is 12.6. The molecule has 0 aromatic heterocycles. The van der Waals surface area contributed by atoms with Crippen LogP contribution >= 0.6 is 0 Å². The highest BCUT2D eigenvalue weighted by atomic mass is 16.5. The fraction of sp³-hybridized carbons (Fsp3) is 0.800. The van der Waals surface area contributed by atoms with Crippen LogP contribution in [-0.4, -0.2) is 71.6 Å². The van der Waals surface area contributed by atoms with Crippen LogP contribution in [0.15, 0.2) is 0 Å². The van der Waals surface area contributed by atoms with Crippen LogP contribution in [0.5, 0.6) is 0 Å². The van der Waals surface area contributed by atoms with E-state index in [-0.39, 0.29) is 18.1 Å². The molecule has 7 nitrogen and oxygen atoms in total. The molecule has 2 heterocycles. The normalized spacial score (nSPS) is 27.0. The summed E-state index contributed by atoms with van der Waals surface area (Å²) in [5.41, 5.74) is 0. The molecule has 7 heteroatoms. The van der Waals surface area contributed by atoms with Crippen molar-refractivity contribution in [3.05, 3.63) is 0 Å². The van der Waals surface area contributed by atoms with Gasteiger partial charge in [0.15, 0.2) is 5.78 Å². The van der Waals surface area contributed by atoms with Gasteiger partial charge in [0.05, 0.1) is 13.2 Å². The molecule has 2 aliphatic rings. The Labute approximate surface area is 130 Å². The highest BCUT2D eigenvalue weighted by Gasteiger charge is 2.44. The van der Waals surface area contributed by atoms with Gasteiger partial charge in [-0.25, -0.2) is 0 Å². The lowest BCUT2D eigenvalue weighted by Crippen LogP contribution is -2.63. The molecule has 22 heavy (non-hydrogen) atoms. The molecule has 2 aliphatic heterocycles. The molecule has 2 unspecified atom stereocenters. The summed E-state index contributed by atoms with van der Waals surface area (Å²) in [4.78, 5) is 39.7. The number of ether oxygens (including phenoxy) is 1. The summed E-state index contributed by atoms with van der Waals surface area (Å²) in [5, 5.41) is 9.22. The number of aliphatic carboxylic acids is 1. The molecule has 2 fully saturated rings. The maximum absolute atomic E-state index is 12.6. The van der Waals surface area contributed by atoms with Crippen LogP contribution in [0.25, 0.3) is 0 Å². The first-order valence-corrected chi connectivity index (χ1v) is 7.94. The second-order valence-corrected chi connectivity index (χ2v) is 5.79. The number of carboxylic acids is 1. The van der Waals surface area contributed by atoms with Crippen LogP contribution in [0.1, 0.15) is 32.6 Å².